The summed E-state index contributed by atoms with van der Waals surface area (Å²) < 4.78 is 26.8. The predicted octanol–water partition coefficient (Wildman–Crippen LogP) is 2.99. The minimum atomic E-state index is -3.56. The summed E-state index contributed by atoms with van der Waals surface area (Å²) in [4.78, 5) is 14.2. The van der Waals surface area contributed by atoms with Crippen molar-refractivity contribution >= 4 is 27.7 Å². The summed E-state index contributed by atoms with van der Waals surface area (Å²) in [6.45, 7) is 1.90. The number of rotatable bonds is 6. The summed E-state index contributed by atoms with van der Waals surface area (Å²) >= 11 is 5.83. The second-order valence-electron chi connectivity index (χ2n) is 6.67. The van der Waals surface area contributed by atoms with Gasteiger partial charge in [-0.15, -0.1) is 0 Å². The van der Waals surface area contributed by atoms with Crippen molar-refractivity contribution in [1.82, 2.24) is 14.5 Å². The molecule has 150 valence electrons. The Morgan fingerprint density at radius 3 is 2.25 bits per heavy atom. The summed E-state index contributed by atoms with van der Waals surface area (Å²) in [5.74, 6) is 0. The van der Waals surface area contributed by atoms with Crippen molar-refractivity contribution in [2.24, 2.45) is 0 Å². The van der Waals surface area contributed by atoms with E-state index in [2.05, 4.69) is 17.4 Å². The van der Waals surface area contributed by atoms with Gasteiger partial charge in [-0.2, -0.15) is 4.31 Å². The van der Waals surface area contributed by atoms with Crippen molar-refractivity contribution in [2.75, 3.05) is 32.7 Å². The minimum Gasteiger partial charge on any atom is -0.338 e. The van der Waals surface area contributed by atoms with Crippen LogP contribution in [0.1, 0.15) is 12.0 Å². The van der Waals surface area contributed by atoms with Gasteiger partial charge in [0.2, 0.25) is 10.0 Å². The summed E-state index contributed by atoms with van der Waals surface area (Å²) in [6, 6.07) is 16.1. The molecule has 0 saturated carbocycles. The number of urea groups is 1. The van der Waals surface area contributed by atoms with Crippen LogP contribution in [0.25, 0.3) is 0 Å². The SMILES string of the molecule is O=C(NCCCc1ccccc1)N1CCN(S(=O)(=O)c2ccc(Cl)cc2)CC1. The van der Waals surface area contributed by atoms with Crippen LogP contribution in [0.3, 0.4) is 0 Å². The molecule has 1 saturated heterocycles. The van der Waals surface area contributed by atoms with Crippen molar-refractivity contribution in [1.29, 1.82) is 0 Å². The van der Waals surface area contributed by atoms with Gasteiger partial charge in [0.1, 0.15) is 0 Å². The Hall–Kier alpha value is -2.09. The third-order valence-corrected chi connectivity index (χ3v) is 6.90. The average Bonchev–Trinajstić information content (AvgIpc) is 2.72. The maximum absolute atomic E-state index is 12.7. The molecule has 2 aromatic carbocycles. The summed E-state index contributed by atoms with van der Waals surface area (Å²) in [7, 11) is -3.56. The molecule has 8 heteroatoms. The van der Waals surface area contributed by atoms with Crippen LogP contribution in [0.5, 0.6) is 0 Å². The normalized spacial score (nSPS) is 15.4. The molecule has 1 aliphatic rings. The molecular weight excluding hydrogens is 398 g/mol. The highest BCUT2D eigenvalue weighted by molar-refractivity contribution is 7.89. The number of nitrogens with one attached hydrogen (secondary N) is 1. The van der Waals surface area contributed by atoms with E-state index in [4.69, 9.17) is 11.6 Å². The van der Waals surface area contributed by atoms with Crippen LogP contribution in [0.2, 0.25) is 5.02 Å². The van der Waals surface area contributed by atoms with Crippen LogP contribution >= 0.6 is 11.6 Å². The van der Waals surface area contributed by atoms with E-state index in [1.807, 2.05) is 18.2 Å². The highest BCUT2D eigenvalue weighted by Crippen LogP contribution is 2.19. The van der Waals surface area contributed by atoms with E-state index < -0.39 is 10.0 Å². The lowest BCUT2D eigenvalue weighted by atomic mass is 10.1. The molecule has 6 nitrogen and oxygen atoms in total. The highest BCUT2D eigenvalue weighted by Gasteiger charge is 2.29. The molecular formula is C20H24ClN3O3S. The fraction of sp³-hybridized carbons (Fsp3) is 0.350. The zero-order valence-corrected chi connectivity index (χ0v) is 17.1. The molecule has 0 bridgehead atoms. The Bertz CT molecular complexity index is 881. The second-order valence-corrected chi connectivity index (χ2v) is 9.04. The Morgan fingerprint density at radius 2 is 1.61 bits per heavy atom. The van der Waals surface area contributed by atoms with Gasteiger partial charge < -0.3 is 10.2 Å². The lowest BCUT2D eigenvalue weighted by Gasteiger charge is -2.34. The van der Waals surface area contributed by atoms with Crippen LogP contribution in [-0.2, 0) is 16.4 Å². The van der Waals surface area contributed by atoms with Gasteiger partial charge in [-0.05, 0) is 42.7 Å². The molecule has 3 rings (SSSR count). The Labute approximate surface area is 171 Å². The molecule has 0 aromatic heterocycles. The fourth-order valence-electron chi connectivity index (χ4n) is 3.13. The van der Waals surface area contributed by atoms with Crippen molar-refractivity contribution in [3.63, 3.8) is 0 Å². The largest absolute Gasteiger partial charge is 0.338 e. The van der Waals surface area contributed by atoms with Crippen molar-refractivity contribution < 1.29 is 13.2 Å². The Kier molecular flexibility index (Phi) is 6.93. The van der Waals surface area contributed by atoms with Gasteiger partial charge >= 0.3 is 6.03 Å². The summed E-state index contributed by atoms with van der Waals surface area (Å²) in [5.41, 5.74) is 1.25. The van der Waals surface area contributed by atoms with Gasteiger partial charge in [-0.25, -0.2) is 13.2 Å². The topological polar surface area (TPSA) is 69.7 Å². The zero-order valence-electron chi connectivity index (χ0n) is 15.6. The highest BCUT2D eigenvalue weighted by atomic mass is 35.5. The number of aryl methyl sites for hydroxylation is 1. The molecule has 0 aliphatic carbocycles. The number of benzene rings is 2. The number of piperazine rings is 1. The first-order valence-corrected chi connectivity index (χ1v) is 11.1. The molecule has 1 fully saturated rings. The molecule has 0 radical (unpaired) electrons. The van der Waals surface area contributed by atoms with Gasteiger partial charge in [-0.1, -0.05) is 41.9 Å². The van der Waals surface area contributed by atoms with Gasteiger partial charge in [0.25, 0.3) is 0 Å². The minimum absolute atomic E-state index is 0.142. The van der Waals surface area contributed by atoms with E-state index >= 15 is 0 Å². The summed E-state index contributed by atoms with van der Waals surface area (Å²) in [6.07, 6.45) is 1.77. The van der Waals surface area contributed by atoms with Crippen molar-refractivity contribution in [3.8, 4) is 0 Å². The van der Waals surface area contributed by atoms with Gasteiger partial charge in [0, 0.05) is 37.7 Å². The first-order valence-electron chi connectivity index (χ1n) is 9.29. The lowest BCUT2D eigenvalue weighted by Crippen LogP contribution is -2.53. The Morgan fingerprint density at radius 1 is 0.964 bits per heavy atom. The molecule has 1 aliphatic heterocycles. The number of sulfonamides is 1. The van der Waals surface area contributed by atoms with Crippen LogP contribution in [0, 0.1) is 0 Å². The quantitative estimate of drug-likeness (QED) is 0.729. The van der Waals surface area contributed by atoms with Gasteiger partial charge in [-0.3, -0.25) is 0 Å². The molecule has 0 spiro atoms. The number of halogens is 1. The monoisotopic (exact) mass is 421 g/mol. The number of nitrogens with zero attached hydrogens (tertiary/aromatic N) is 2. The van der Waals surface area contributed by atoms with E-state index in [1.54, 1.807) is 17.0 Å². The van der Waals surface area contributed by atoms with Crippen molar-refractivity contribution in [3.05, 3.63) is 65.2 Å². The van der Waals surface area contributed by atoms with Gasteiger partial charge in [0.05, 0.1) is 4.90 Å². The van der Waals surface area contributed by atoms with Crippen LogP contribution < -0.4 is 5.32 Å². The zero-order chi connectivity index (χ0) is 20.0. The fourth-order valence-corrected chi connectivity index (χ4v) is 4.68. The Balaban J connectivity index is 1.44. The number of carbonyl (C=O) groups is 1. The average molecular weight is 422 g/mol. The van der Waals surface area contributed by atoms with Crippen LogP contribution in [0.15, 0.2) is 59.5 Å². The smallest absolute Gasteiger partial charge is 0.317 e. The first-order chi connectivity index (χ1) is 13.5. The lowest BCUT2D eigenvalue weighted by molar-refractivity contribution is 0.172. The number of amides is 2. The molecule has 28 heavy (non-hydrogen) atoms. The third kappa shape index (κ3) is 5.25. The molecule has 0 atom stereocenters. The molecule has 2 amide bonds. The van der Waals surface area contributed by atoms with E-state index in [1.165, 1.54) is 22.0 Å². The maximum atomic E-state index is 12.7. The van der Waals surface area contributed by atoms with Crippen LogP contribution in [-0.4, -0.2) is 56.4 Å². The number of carbonyl (C=O) groups excluding carboxylic acids is 1. The van der Waals surface area contributed by atoms with Crippen LogP contribution in [0.4, 0.5) is 4.79 Å². The van der Waals surface area contributed by atoms with E-state index in [9.17, 15) is 13.2 Å². The molecule has 2 aromatic rings. The number of hydrogen-bond donors (Lipinski definition) is 1. The first kappa shape index (κ1) is 20.6. The standard InChI is InChI=1S/C20H24ClN3O3S/c21-18-8-10-19(11-9-18)28(26,27)24-15-13-23(14-16-24)20(25)22-12-4-7-17-5-2-1-3-6-17/h1-3,5-6,8-11H,4,7,12-16H2,(H,22,25). The van der Waals surface area contributed by atoms with E-state index in [-0.39, 0.29) is 24.0 Å². The second kappa shape index (κ2) is 9.41. The molecule has 1 N–H and O–H groups in total. The maximum Gasteiger partial charge on any atom is 0.317 e. The third-order valence-electron chi connectivity index (χ3n) is 4.74. The van der Waals surface area contributed by atoms with Gasteiger partial charge in [0.15, 0.2) is 0 Å². The number of hydrogen-bond acceptors (Lipinski definition) is 3. The van der Waals surface area contributed by atoms with E-state index in [0.29, 0.717) is 24.7 Å². The summed E-state index contributed by atoms with van der Waals surface area (Å²) in [5, 5.41) is 3.41. The molecule has 1 heterocycles. The molecule has 0 unspecified atom stereocenters. The predicted molar refractivity (Wildman–Crippen MR) is 110 cm³/mol. The van der Waals surface area contributed by atoms with Crippen molar-refractivity contribution in [2.45, 2.75) is 17.7 Å². The van der Waals surface area contributed by atoms with E-state index in [0.717, 1.165) is 12.8 Å².